The van der Waals surface area contributed by atoms with E-state index in [4.69, 9.17) is 4.18 Å². The molecule has 0 rings (SSSR count). The van der Waals surface area contributed by atoms with Crippen LogP contribution in [0.25, 0.3) is 0 Å². The van der Waals surface area contributed by atoms with Crippen molar-refractivity contribution >= 4 is 10.4 Å². The van der Waals surface area contributed by atoms with E-state index >= 15 is 0 Å². The average molecular weight is 524 g/mol. The molecule has 1 atom stereocenters. The lowest BCUT2D eigenvalue weighted by Crippen LogP contribution is -2.38. The Labute approximate surface area is 218 Å². The van der Waals surface area contributed by atoms with Crippen LogP contribution < -0.4 is 6.15 Å². The molecule has 0 aliphatic heterocycles. The van der Waals surface area contributed by atoms with E-state index in [9.17, 15) is 18.1 Å². The van der Waals surface area contributed by atoms with Crippen LogP contribution in [0.5, 0.6) is 0 Å². The molecule has 1 unspecified atom stereocenters. The summed E-state index contributed by atoms with van der Waals surface area (Å²) in [5, 5.41) is 10.0. The molecule has 0 fully saturated rings. The maximum Gasteiger partial charge on any atom is 0.218 e. The highest BCUT2D eigenvalue weighted by molar-refractivity contribution is 7.80. The molecule has 214 valence electrons. The molecule has 0 saturated carbocycles. The van der Waals surface area contributed by atoms with E-state index in [-0.39, 0.29) is 12.6 Å². The van der Waals surface area contributed by atoms with Gasteiger partial charge < -0.3 is 15.8 Å². The summed E-state index contributed by atoms with van der Waals surface area (Å²) in [6.07, 6.45) is 24.5. The van der Waals surface area contributed by atoms with Crippen LogP contribution in [0.3, 0.4) is 0 Å². The van der Waals surface area contributed by atoms with Gasteiger partial charge in [-0.2, -0.15) is 0 Å². The van der Waals surface area contributed by atoms with Crippen LogP contribution in [0, 0.1) is 0 Å². The predicted molar refractivity (Wildman–Crippen MR) is 149 cm³/mol. The fraction of sp³-hybridized carbons (Fsp3) is 1.00. The Morgan fingerprint density at radius 1 is 0.657 bits per heavy atom. The maximum absolute atomic E-state index is 11.5. The van der Waals surface area contributed by atoms with Gasteiger partial charge in [-0.25, -0.2) is 8.42 Å². The van der Waals surface area contributed by atoms with Gasteiger partial charge in [-0.3, -0.25) is 4.18 Å². The van der Waals surface area contributed by atoms with Crippen molar-refractivity contribution in [2.45, 2.75) is 180 Å². The fourth-order valence-corrected chi connectivity index (χ4v) is 5.74. The van der Waals surface area contributed by atoms with Crippen molar-refractivity contribution in [3.05, 3.63) is 0 Å². The Morgan fingerprint density at radius 3 is 1.20 bits per heavy atom. The smallest absolute Gasteiger partial charge is 0.218 e. The van der Waals surface area contributed by atoms with Gasteiger partial charge in [0, 0.05) is 6.42 Å². The maximum atomic E-state index is 11.5. The van der Waals surface area contributed by atoms with Crippen molar-refractivity contribution in [3.63, 3.8) is 0 Å². The molecule has 0 heterocycles. The van der Waals surface area contributed by atoms with Gasteiger partial charge in [0.05, 0.1) is 11.7 Å². The first-order valence-electron chi connectivity index (χ1n) is 14.6. The van der Waals surface area contributed by atoms with E-state index in [0.29, 0.717) is 12.8 Å². The molecular weight excluding hydrogens is 462 g/mol. The molecule has 0 amide bonds. The number of hydrogen-bond acceptors (Lipinski definition) is 5. The predicted octanol–water partition coefficient (Wildman–Crippen LogP) is 8.97. The first kappa shape index (κ1) is 36.9. The normalized spacial score (nSPS) is 13.1. The SMILES string of the molecule is CCCCCCCCCCCCC(CCCCCCCCCCCC)(CC(C)O)OS(=O)(=O)[O-].[NH4+]. The van der Waals surface area contributed by atoms with E-state index in [0.717, 1.165) is 38.5 Å². The molecule has 0 saturated heterocycles. The minimum Gasteiger partial charge on any atom is -0.726 e. The molecule has 0 aliphatic rings. The van der Waals surface area contributed by atoms with E-state index in [1.54, 1.807) is 6.92 Å². The number of hydrogen-bond donors (Lipinski definition) is 2. The summed E-state index contributed by atoms with van der Waals surface area (Å²) in [4.78, 5) is 0. The summed E-state index contributed by atoms with van der Waals surface area (Å²) in [5.74, 6) is 0. The van der Waals surface area contributed by atoms with E-state index in [1.165, 1.54) is 89.9 Å². The summed E-state index contributed by atoms with van der Waals surface area (Å²) in [6.45, 7) is 6.11. The first-order chi connectivity index (χ1) is 16.2. The number of quaternary nitrogens is 1. The molecule has 35 heavy (non-hydrogen) atoms. The topological polar surface area (TPSA) is 123 Å². The van der Waals surface area contributed by atoms with Crippen molar-refractivity contribution in [2.75, 3.05) is 0 Å². The zero-order valence-corrected chi connectivity index (χ0v) is 24.6. The molecule has 0 aromatic heterocycles. The molecule has 0 bridgehead atoms. The standard InChI is InChI=1S/C28H58O5S.H3N/c1-4-6-8-10-12-14-16-18-20-22-24-28(26-27(3)29,33-34(30,31)32)25-23-21-19-17-15-13-11-9-7-5-2;/h27,29H,4-26H2,1-3H3,(H,30,31,32);1H3. The quantitative estimate of drug-likeness (QED) is 0.0665. The monoisotopic (exact) mass is 523 g/mol. The second-order valence-electron chi connectivity index (χ2n) is 10.6. The van der Waals surface area contributed by atoms with Gasteiger partial charge in [0.15, 0.2) is 0 Å². The lowest BCUT2D eigenvalue weighted by atomic mass is 9.85. The van der Waals surface area contributed by atoms with Gasteiger partial charge >= 0.3 is 0 Å². The summed E-state index contributed by atoms with van der Waals surface area (Å²) in [6, 6.07) is 0. The Hall–Kier alpha value is -0.210. The van der Waals surface area contributed by atoms with Gasteiger partial charge in [0.2, 0.25) is 10.4 Å². The van der Waals surface area contributed by atoms with Crippen molar-refractivity contribution < 1.29 is 22.3 Å². The summed E-state index contributed by atoms with van der Waals surface area (Å²) < 4.78 is 39.8. The van der Waals surface area contributed by atoms with E-state index in [2.05, 4.69) is 13.8 Å². The van der Waals surface area contributed by atoms with Crippen LogP contribution >= 0.6 is 0 Å². The van der Waals surface area contributed by atoms with Crippen LogP contribution in [0.15, 0.2) is 0 Å². The number of aliphatic hydroxyl groups is 1. The third kappa shape index (κ3) is 25.2. The van der Waals surface area contributed by atoms with Crippen LogP contribution in [0.4, 0.5) is 0 Å². The Morgan fingerprint density at radius 2 is 0.943 bits per heavy atom. The molecule has 7 heteroatoms. The molecular formula is C28H61NO5S. The zero-order valence-electron chi connectivity index (χ0n) is 23.8. The van der Waals surface area contributed by atoms with Crippen molar-refractivity contribution in [1.82, 2.24) is 6.15 Å². The van der Waals surface area contributed by atoms with Gasteiger partial charge in [-0.05, 0) is 19.8 Å². The molecule has 5 N–H and O–H groups in total. The lowest BCUT2D eigenvalue weighted by Gasteiger charge is -2.35. The summed E-state index contributed by atoms with van der Waals surface area (Å²) >= 11 is 0. The van der Waals surface area contributed by atoms with E-state index in [1.807, 2.05) is 0 Å². The minimum atomic E-state index is -4.81. The highest BCUT2D eigenvalue weighted by Gasteiger charge is 2.34. The van der Waals surface area contributed by atoms with Crippen LogP contribution in [-0.4, -0.2) is 29.8 Å². The lowest BCUT2D eigenvalue weighted by molar-refractivity contribution is -0.00474. The Bertz CT molecular complexity index is 515. The number of unbranched alkanes of at least 4 members (excludes halogenated alkanes) is 18. The Kier molecular flexibility index (Phi) is 25.5. The fourth-order valence-electron chi connectivity index (χ4n) is 5.07. The second-order valence-corrected chi connectivity index (χ2v) is 11.6. The highest BCUT2D eigenvalue weighted by atomic mass is 32.3. The van der Waals surface area contributed by atoms with Gasteiger partial charge in [-0.15, -0.1) is 0 Å². The third-order valence-corrected chi connectivity index (χ3v) is 7.48. The van der Waals surface area contributed by atoms with Crippen molar-refractivity contribution in [3.8, 4) is 0 Å². The Balaban J connectivity index is 0. The van der Waals surface area contributed by atoms with Crippen molar-refractivity contribution in [1.29, 1.82) is 0 Å². The van der Waals surface area contributed by atoms with Gasteiger partial charge in [0.1, 0.15) is 0 Å². The van der Waals surface area contributed by atoms with Crippen LogP contribution in [0.1, 0.15) is 168 Å². The second kappa shape index (κ2) is 24.1. The highest BCUT2D eigenvalue weighted by Crippen LogP contribution is 2.33. The first-order valence-corrected chi connectivity index (χ1v) is 15.9. The molecule has 0 aromatic carbocycles. The zero-order chi connectivity index (χ0) is 25.5. The largest absolute Gasteiger partial charge is 0.726 e. The van der Waals surface area contributed by atoms with Crippen molar-refractivity contribution in [2.24, 2.45) is 0 Å². The van der Waals surface area contributed by atoms with Crippen LogP contribution in [-0.2, 0) is 14.6 Å². The van der Waals surface area contributed by atoms with E-state index < -0.39 is 22.1 Å². The number of aliphatic hydroxyl groups excluding tert-OH is 1. The van der Waals surface area contributed by atoms with Crippen LogP contribution in [0.2, 0.25) is 0 Å². The number of rotatable bonds is 26. The van der Waals surface area contributed by atoms with Gasteiger partial charge in [0.25, 0.3) is 0 Å². The minimum absolute atomic E-state index is 0. The molecule has 0 spiro atoms. The molecule has 0 aromatic rings. The molecule has 0 radical (unpaired) electrons. The summed E-state index contributed by atoms with van der Waals surface area (Å²) in [7, 11) is -4.81. The molecule has 0 aliphatic carbocycles. The average Bonchev–Trinajstić information content (AvgIpc) is 2.75. The van der Waals surface area contributed by atoms with Gasteiger partial charge in [-0.1, -0.05) is 142 Å². The molecule has 6 nitrogen and oxygen atoms in total. The summed E-state index contributed by atoms with van der Waals surface area (Å²) in [5.41, 5.74) is -1.06. The third-order valence-electron chi connectivity index (χ3n) is 6.92.